The van der Waals surface area contributed by atoms with Gasteiger partial charge in [-0.1, -0.05) is 0 Å². The summed E-state index contributed by atoms with van der Waals surface area (Å²) in [4.78, 5) is 26.1. The summed E-state index contributed by atoms with van der Waals surface area (Å²) in [6.45, 7) is 5.82. The number of nitrogens with zero attached hydrogens (tertiary/aromatic N) is 2. The lowest BCUT2D eigenvalue weighted by Gasteiger charge is -2.33. The van der Waals surface area contributed by atoms with E-state index in [9.17, 15) is 22.4 Å². The molecule has 0 saturated carbocycles. The Morgan fingerprint density at radius 2 is 1.86 bits per heavy atom. The molecule has 1 saturated heterocycles. The fraction of sp³-hybridized carbons (Fsp3) is 0.579. The van der Waals surface area contributed by atoms with Gasteiger partial charge >= 0.3 is 0 Å². The lowest BCUT2D eigenvalue weighted by Crippen LogP contribution is -2.49. The van der Waals surface area contributed by atoms with Crippen LogP contribution in [0.2, 0.25) is 0 Å². The van der Waals surface area contributed by atoms with E-state index in [1.54, 1.807) is 0 Å². The third-order valence-electron chi connectivity index (χ3n) is 4.46. The molecule has 1 heterocycles. The van der Waals surface area contributed by atoms with Gasteiger partial charge in [-0.25, -0.2) is 12.8 Å². The van der Waals surface area contributed by atoms with E-state index in [1.807, 2.05) is 20.8 Å². The molecule has 1 aromatic carbocycles. The monoisotopic (exact) mass is 413 g/mol. The molecule has 2 rings (SSSR count). The highest BCUT2D eigenvalue weighted by atomic mass is 32.2. The first-order chi connectivity index (χ1) is 12.9. The molecule has 0 aliphatic carbocycles. The average Bonchev–Trinajstić information content (AvgIpc) is 2.59. The fourth-order valence-electron chi connectivity index (χ4n) is 3.18. The molecule has 1 unspecified atom stereocenters. The molecule has 0 aromatic heterocycles. The van der Waals surface area contributed by atoms with Crippen molar-refractivity contribution < 1.29 is 22.4 Å². The van der Waals surface area contributed by atoms with Gasteiger partial charge in [-0.15, -0.1) is 0 Å². The van der Waals surface area contributed by atoms with Crippen molar-refractivity contribution in [2.24, 2.45) is 5.92 Å². The normalized spacial score (nSPS) is 18.5. The first kappa shape index (κ1) is 22.3. The number of likely N-dealkylation sites (N-methyl/N-ethyl adjacent to an activating group) is 1. The minimum atomic E-state index is -3.80. The second-order valence-corrected chi connectivity index (χ2v) is 10.1. The number of hydrogen-bond acceptors (Lipinski definition) is 4. The van der Waals surface area contributed by atoms with Crippen LogP contribution in [0.1, 0.15) is 33.6 Å². The fourth-order valence-corrected chi connectivity index (χ4v) is 4.70. The largest absolute Gasteiger partial charge is 0.350 e. The maximum atomic E-state index is 13.1. The van der Waals surface area contributed by atoms with Crippen LogP contribution < -0.4 is 5.32 Å². The summed E-state index contributed by atoms with van der Waals surface area (Å²) in [5, 5.41) is 2.80. The number of benzene rings is 1. The van der Waals surface area contributed by atoms with E-state index < -0.39 is 27.3 Å². The zero-order chi connectivity index (χ0) is 21.1. The van der Waals surface area contributed by atoms with Crippen LogP contribution in [0.3, 0.4) is 0 Å². The van der Waals surface area contributed by atoms with Gasteiger partial charge in [-0.2, -0.15) is 4.31 Å². The summed E-state index contributed by atoms with van der Waals surface area (Å²) in [6.07, 6.45) is 1.10. The zero-order valence-corrected chi connectivity index (χ0v) is 17.6. The quantitative estimate of drug-likeness (QED) is 0.794. The zero-order valence-electron chi connectivity index (χ0n) is 16.7. The molecule has 9 heteroatoms. The molecular weight excluding hydrogens is 385 g/mol. The predicted molar refractivity (Wildman–Crippen MR) is 103 cm³/mol. The molecule has 1 aliphatic rings. The van der Waals surface area contributed by atoms with E-state index in [2.05, 4.69) is 5.32 Å². The molecule has 156 valence electrons. The number of nitrogens with one attached hydrogen (secondary N) is 1. The van der Waals surface area contributed by atoms with E-state index in [4.69, 9.17) is 0 Å². The smallest absolute Gasteiger partial charge is 0.243 e. The Bertz CT molecular complexity index is 819. The minimum absolute atomic E-state index is 0.0000847. The van der Waals surface area contributed by atoms with Gasteiger partial charge in [0.05, 0.1) is 17.4 Å². The average molecular weight is 414 g/mol. The van der Waals surface area contributed by atoms with Crippen LogP contribution in [0.25, 0.3) is 0 Å². The molecule has 0 radical (unpaired) electrons. The third-order valence-corrected chi connectivity index (χ3v) is 6.34. The molecule has 0 spiro atoms. The van der Waals surface area contributed by atoms with Crippen molar-refractivity contribution in [3.05, 3.63) is 30.1 Å². The summed E-state index contributed by atoms with van der Waals surface area (Å²) in [5.74, 6) is -1.56. The highest BCUT2D eigenvalue weighted by Gasteiger charge is 2.34. The van der Waals surface area contributed by atoms with Gasteiger partial charge in [0.25, 0.3) is 0 Å². The Morgan fingerprint density at radius 3 is 2.43 bits per heavy atom. The molecule has 1 N–H and O–H groups in total. The van der Waals surface area contributed by atoms with Gasteiger partial charge in [0, 0.05) is 25.7 Å². The molecule has 0 bridgehead atoms. The van der Waals surface area contributed by atoms with Crippen molar-refractivity contribution in [2.75, 3.05) is 26.7 Å². The maximum Gasteiger partial charge on any atom is 0.243 e. The van der Waals surface area contributed by atoms with Crippen molar-refractivity contribution in [2.45, 2.75) is 44.0 Å². The predicted octanol–water partition coefficient (Wildman–Crippen LogP) is 1.60. The van der Waals surface area contributed by atoms with Gasteiger partial charge < -0.3 is 10.2 Å². The summed E-state index contributed by atoms with van der Waals surface area (Å²) in [6, 6.07) is 4.64. The van der Waals surface area contributed by atoms with Crippen LogP contribution in [0.15, 0.2) is 29.2 Å². The second kappa shape index (κ2) is 8.57. The van der Waals surface area contributed by atoms with Crippen LogP contribution in [0, 0.1) is 11.7 Å². The SMILES string of the molecule is CN(CC(=O)NC(C)(C)C)C(=O)C1CCCN(S(=O)(=O)c2ccc(F)cc2)C1. The van der Waals surface area contributed by atoms with Crippen molar-refractivity contribution in [3.63, 3.8) is 0 Å². The van der Waals surface area contributed by atoms with Crippen LogP contribution >= 0.6 is 0 Å². The Hall–Kier alpha value is -2.00. The molecular formula is C19H28FN3O4S. The van der Waals surface area contributed by atoms with Gasteiger partial charge in [0.2, 0.25) is 21.8 Å². The third kappa shape index (κ3) is 5.75. The summed E-state index contributed by atoms with van der Waals surface area (Å²) >= 11 is 0. The Balaban J connectivity index is 2.04. The number of sulfonamides is 1. The van der Waals surface area contributed by atoms with Gasteiger partial charge in [0.1, 0.15) is 5.82 Å². The highest BCUT2D eigenvalue weighted by Crippen LogP contribution is 2.25. The number of piperidine rings is 1. The van der Waals surface area contributed by atoms with Gasteiger partial charge in [0.15, 0.2) is 0 Å². The van der Waals surface area contributed by atoms with Crippen LogP contribution in [0.5, 0.6) is 0 Å². The number of halogens is 1. The van der Waals surface area contributed by atoms with Gasteiger partial charge in [-0.05, 0) is 57.9 Å². The summed E-state index contributed by atoms with van der Waals surface area (Å²) in [7, 11) is -2.26. The molecule has 7 nitrogen and oxygen atoms in total. The van der Waals surface area contributed by atoms with E-state index in [1.165, 1.54) is 28.4 Å². The number of carbonyl (C=O) groups excluding carboxylic acids is 2. The minimum Gasteiger partial charge on any atom is -0.350 e. The van der Waals surface area contributed by atoms with Crippen LogP contribution in [0.4, 0.5) is 4.39 Å². The molecule has 1 atom stereocenters. The number of carbonyl (C=O) groups is 2. The number of amides is 2. The topological polar surface area (TPSA) is 86.8 Å². The Morgan fingerprint density at radius 1 is 1.25 bits per heavy atom. The molecule has 1 fully saturated rings. The Kier molecular flexibility index (Phi) is 6.82. The lowest BCUT2D eigenvalue weighted by atomic mass is 9.98. The van der Waals surface area contributed by atoms with Crippen molar-refractivity contribution in [1.29, 1.82) is 0 Å². The molecule has 28 heavy (non-hydrogen) atoms. The van der Waals surface area contributed by atoms with E-state index in [-0.39, 0.29) is 29.8 Å². The number of hydrogen-bond donors (Lipinski definition) is 1. The molecule has 1 aliphatic heterocycles. The van der Waals surface area contributed by atoms with Crippen molar-refractivity contribution in [3.8, 4) is 0 Å². The maximum absolute atomic E-state index is 13.1. The standard InChI is InChI=1S/C19H28FN3O4S/c1-19(2,3)21-17(24)13-22(4)18(25)14-6-5-11-23(12-14)28(26,27)16-9-7-15(20)8-10-16/h7-10,14H,5-6,11-13H2,1-4H3,(H,21,24). The van der Waals surface area contributed by atoms with E-state index in [0.717, 1.165) is 12.1 Å². The van der Waals surface area contributed by atoms with Crippen molar-refractivity contribution in [1.82, 2.24) is 14.5 Å². The van der Waals surface area contributed by atoms with E-state index in [0.29, 0.717) is 19.4 Å². The van der Waals surface area contributed by atoms with Crippen LogP contribution in [-0.4, -0.2) is 61.7 Å². The molecule has 1 aromatic rings. The van der Waals surface area contributed by atoms with Gasteiger partial charge in [-0.3, -0.25) is 9.59 Å². The molecule has 2 amide bonds. The highest BCUT2D eigenvalue weighted by molar-refractivity contribution is 7.89. The summed E-state index contributed by atoms with van der Waals surface area (Å²) < 4.78 is 39.9. The Labute approximate surface area is 165 Å². The van der Waals surface area contributed by atoms with Crippen molar-refractivity contribution >= 4 is 21.8 Å². The number of rotatable bonds is 5. The lowest BCUT2D eigenvalue weighted by molar-refractivity contribution is -0.139. The second-order valence-electron chi connectivity index (χ2n) is 8.15. The summed E-state index contributed by atoms with van der Waals surface area (Å²) in [5.41, 5.74) is -0.397. The van der Waals surface area contributed by atoms with E-state index >= 15 is 0 Å². The van der Waals surface area contributed by atoms with Crippen LogP contribution in [-0.2, 0) is 19.6 Å². The first-order valence-electron chi connectivity index (χ1n) is 9.22. The first-order valence-corrected chi connectivity index (χ1v) is 10.7.